The molecule has 13 heavy (non-hydrogen) atoms. The zero-order valence-electron chi connectivity index (χ0n) is 8.30. The number of hydrogen-bond donors (Lipinski definition) is 0. The Morgan fingerprint density at radius 2 is 2.15 bits per heavy atom. The van der Waals surface area contributed by atoms with E-state index in [-0.39, 0.29) is 0 Å². The summed E-state index contributed by atoms with van der Waals surface area (Å²) in [7, 11) is 0. The first kappa shape index (κ1) is 9.17. The van der Waals surface area contributed by atoms with Crippen LogP contribution in [0.5, 0.6) is 0 Å². The van der Waals surface area contributed by atoms with Gasteiger partial charge >= 0.3 is 0 Å². The molecule has 0 spiro atoms. The molecule has 0 aliphatic heterocycles. The van der Waals surface area contributed by atoms with Gasteiger partial charge in [-0.1, -0.05) is 24.4 Å². The van der Waals surface area contributed by atoms with E-state index in [2.05, 4.69) is 5.18 Å². The first-order valence-corrected chi connectivity index (χ1v) is 5.64. The van der Waals surface area contributed by atoms with Gasteiger partial charge in [0.15, 0.2) is 0 Å². The molecule has 0 saturated heterocycles. The van der Waals surface area contributed by atoms with Crippen LogP contribution < -0.4 is 0 Å². The van der Waals surface area contributed by atoms with E-state index in [0.717, 1.165) is 12.3 Å². The Kier molecular flexibility index (Phi) is 2.66. The summed E-state index contributed by atoms with van der Waals surface area (Å²) in [4.78, 5) is 10.2. The minimum absolute atomic E-state index is 0.537. The molecule has 2 aliphatic rings. The second-order valence-corrected chi connectivity index (χ2v) is 4.96. The predicted molar refractivity (Wildman–Crippen MR) is 53.5 cm³/mol. The third-order valence-corrected chi connectivity index (χ3v) is 4.11. The number of rotatable bonds is 3. The molecule has 2 saturated carbocycles. The largest absolute Gasteiger partial charge is 0.151 e. The summed E-state index contributed by atoms with van der Waals surface area (Å²) >= 11 is 0. The van der Waals surface area contributed by atoms with Crippen LogP contribution in [0, 0.1) is 16.2 Å². The van der Waals surface area contributed by atoms with Crippen LogP contribution >= 0.6 is 0 Å². The van der Waals surface area contributed by atoms with Crippen LogP contribution in [-0.4, -0.2) is 6.54 Å². The second-order valence-electron chi connectivity index (χ2n) is 4.96. The van der Waals surface area contributed by atoms with Crippen molar-refractivity contribution in [3.8, 4) is 0 Å². The van der Waals surface area contributed by atoms with Crippen molar-refractivity contribution in [3.05, 3.63) is 4.91 Å². The van der Waals surface area contributed by atoms with Gasteiger partial charge in [0.2, 0.25) is 0 Å². The maximum absolute atomic E-state index is 10.2. The molecule has 2 nitrogen and oxygen atoms in total. The molecular weight excluding hydrogens is 162 g/mol. The van der Waals surface area contributed by atoms with Crippen molar-refractivity contribution >= 4 is 0 Å². The molecule has 0 aromatic carbocycles. The molecule has 2 aliphatic carbocycles. The standard InChI is InChI=1S/C11H19NO/c13-12-8-7-11-5-2-1-3-10(9-11)4-6-11/h10H,1-9H2/t10?,11-/m0/s1. The van der Waals surface area contributed by atoms with Crippen LogP contribution in [0.1, 0.15) is 51.4 Å². The van der Waals surface area contributed by atoms with Gasteiger partial charge in [0.05, 0.1) is 6.54 Å². The molecule has 1 unspecified atom stereocenters. The Balaban J connectivity index is 1.98. The van der Waals surface area contributed by atoms with Gasteiger partial charge in [-0.2, -0.15) is 4.91 Å². The summed E-state index contributed by atoms with van der Waals surface area (Å²) in [5.41, 5.74) is 0.537. The van der Waals surface area contributed by atoms with Crippen molar-refractivity contribution in [2.75, 3.05) is 6.54 Å². The molecular formula is C11H19NO. The topological polar surface area (TPSA) is 29.4 Å². The second kappa shape index (κ2) is 3.77. The molecule has 2 atom stereocenters. The molecule has 0 amide bonds. The van der Waals surface area contributed by atoms with Gasteiger partial charge in [-0.3, -0.25) is 0 Å². The van der Waals surface area contributed by atoms with Gasteiger partial charge in [-0.25, -0.2) is 0 Å². The molecule has 0 aromatic rings. The van der Waals surface area contributed by atoms with Crippen molar-refractivity contribution in [3.63, 3.8) is 0 Å². The molecule has 2 heteroatoms. The van der Waals surface area contributed by atoms with Crippen molar-refractivity contribution in [2.45, 2.75) is 51.4 Å². The summed E-state index contributed by atoms with van der Waals surface area (Å²) < 4.78 is 0. The Morgan fingerprint density at radius 3 is 3.00 bits per heavy atom. The molecule has 0 heterocycles. The molecule has 0 radical (unpaired) electrons. The third-order valence-electron chi connectivity index (χ3n) is 4.11. The first-order chi connectivity index (χ1) is 6.35. The molecule has 2 rings (SSSR count). The van der Waals surface area contributed by atoms with Crippen molar-refractivity contribution in [2.24, 2.45) is 16.5 Å². The summed E-state index contributed by atoms with van der Waals surface area (Å²) in [5.74, 6) is 0.981. The highest BCUT2D eigenvalue weighted by atomic mass is 16.3. The Bertz CT molecular complexity index is 193. The zero-order valence-corrected chi connectivity index (χ0v) is 8.30. The van der Waals surface area contributed by atoms with Gasteiger partial charge in [-0.05, 0) is 43.4 Å². The SMILES string of the molecule is O=NCC[C@]12CCCCC(CC1)C2. The quantitative estimate of drug-likeness (QED) is 0.613. The van der Waals surface area contributed by atoms with Crippen LogP contribution in [-0.2, 0) is 0 Å². The lowest BCUT2D eigenvalue weighted by Crippen LogP contribution is -2.17. The molecule has 2 bridgehead atoms. The highest BCUT2D eigenvalue weighted by Crippen LogP contribution is 2.51. The maximum atomic E-state index is 10.2. The lowest BCUT2D eigenvalue weighted by Gasteiger charge is -2.27. The Morgan fingerprint density at radius 1 is 1.23 bits per heavy atom. The fourth-order valence-electron chi connectivity index (χ4n) is 3.37. The van der Waals surface area contributed by atoms with Gasteiger partial charge in [0, 0.05) is 0 Å². The van der Waals surface area contributed by atoms with Gasteiger partial charge in [-0.15, -0.1) is 0 Å². The van der Waals surface area contributed by atoms with Crippen molar-refractivity contribution < 1.29 is 0 Å². The summed E-state index contributed by atoms with van der Waals surface area (Å²) in [5, 5.41) is 3.02. The van der Waals surface area contributed by atoms with E-state index in [9.17, 15) is 4.91 Å². The Hall–Kier alpha value is -0.400. The van der Waals surface area contributed by atoms with E-state index < -0.39 is 0 Å². The van der Waals surface area contributed by atoms with Gasteiger partial charge in [0.25, 0.3) is 0 Å². The molecule has 74 valence electrons. The average Bonchev–Trinajstić information content (AvgIpc) is 2.40. The molecule has 0 N–H and O–H groups in total. The third kappa shape index (κ3) is 1.92. The number of nitrogens with zero attached hydrogens (tertiary/aromatic N) is 1. The summed E-state index contributed by atoms with van der Waals surface area (Å²) in [6.45, 7) is 0.548. The van der Waals surface area contributed by atoms with E-state index in [4.69, 9.17) is 0 Å². The highest BCUT2D eigenvalue weighted by molar-refractivity contribution is 4.91. The zero-order chi connectivity index (χ0) is 9.15. The van der Waals surface area contributed by atoms with E-state index in [1.165, 1.54) is 44.9 Å². The average molecular weight is 181 g/mol. The monoisotopic (exact) mass is 181 g/mol. The van der Waals surface area contributed by atoms with Crippen LogP contribution in [0.25, 0.3) is 0 Å². The fraction of sp³-hybridized carbons (Fsp3) is 1.00. The molecule has 2 fully saturated rings. The fourth-order valence-corrected chi connectivity index (χ4v) is 3.37. The number of nitroso groups, excluding NO2 is 1. The molecule has 0 aromatic heterocycles. The number of hydrogen-bond acceptors (Lipinski definition) is 2. The first-order valence-electron chi connectivity index (χ1n) is 5.64. The minimum Gasteiger partial charge on any atom is -0.151 e. The van der Waals surface area contributed by atoms with E-state index in [1.54, 1.807) is 0 Å². The van der Waals surface area contributed by atoms with Crippen LogP contribution in [0.2, 0.25) is 0 Å². The van der Waals surface area contributed by atoms with E-state index in [0.29, 0.717) is 12.0 Å². The minimum atomic E-state index is 0.537. The van der Waals surface area contributed by atoms with Crippen LogP contribution in [0.3, 0.4) is 0 Å². The summed E-state index contributed by atoms with van der Waals surface area (Å²) in [6, 6.07) is 0. The Labute approximate surface area is 80.1 Å². The van der Waals surface area contributed by atoms with E-state index in [1.807, 2.05) is 0 Å². The highest BCUT2D eigenvalue weighted by Gasteiger charge is 2.39. The van der Waals surface area contributed by atoms with Gasteiger partial charge in [0.1, 0.15) is 0 Å². The lowest BCUT2D eigenvalue weighted by atomic mass is 9.79. The lowest BCUT2D eigenvalue weighted by molar-refractivity contribution is 0.249. The van der Waals surface area contributed by atoms with E-state index >= 15 is 0 Å². The summed E-state index contributed by atoms with van der Waals surface area (Å²) in [6.07, 6.45) is 10.8. The predicted octanol–water partition coefficient (Wildman–Crippen LogP) is 3.50. The van der Waals surface area contributed by atoms with Crippen LogP contribution in [0.4, 0.5) is 0 Å². The number of fused-ring (bicyclic) bond motifs is 2. The maximum Gasteiger partial charge on any atom is 0.0816 e. The van der Waals surface area contributed by atoms with Crippen LogP contribution in [0.15, 0.2) is 5.18 Å². The normalized spacial score (nSPS) is 38.6. The van der Waals surface area contributed by atoms with Gasteiger partial charge < -0.3 is 0 Å². The smallest absolute Gasteiger partial charge is 0.0816 e. The van der Waals surface area contributed by atoms with Crippen molar-refractivity contribution in [1.29, 1.82) is 0 Å². The van der Waals surface area contributed by atoms with Crippen molar-refractivity contribution in [1.82, 2.24) is 0 Å².